The van der Waals surface area contributed by atoms with Crippen molar-refractivity contribution in [2.24, 2.45) is 0 Å². The summed E-state index contributed by atoms with van der Waals surface area (Å²) < 4.78 is 14.2. The van der Waals surface area contributed by atoms with E-state index in [0.29, 0.717) is 18.5 Å². The van der Waals surface area contributed by atoms with Crippen LogP contribution in [0.3, 0.4) is 0 Å². The first kappa shape index (κ1) is 14.3. The van der Waals surface area contributed by atoms with Crippen LogP contribution in [0.5, 0.6) is 0 Å². The Labute approximate surface area is 131 Å². The molecule has 0 aromatic heterocycles. The van der Waals surface area contributed by atoms with Gasteiger partial charge in [0, 0.05) is 35.2 Å². The Kier molecular flexibility index (Phi) is 4.06. The number of benzene rings is 2. The van der Waals surface area contributed by atoms with Gasteiger partial charge in [0.25, 0.3) is 0 Å². The molecule has 0 amide bonds. The molecule has 2 aromatic rings. The van der Waals surface area contributed by atoms with Crippen LogP contribution in [0, 0.1) is 5.82 Å². The molecule has 0 aliphatic carbocycles. The maximum absolute atomic E-state index is 13.3. The molecule has 108 valence electrons. The Morgan fingerprint density at radius 2 is 2.10 bits per heavy atom. The number of anilines is 1. The summed E-state index contributed by atoms with van der Waals surface area (Å²) in [4.78, 5) is 14.3. The molecular formula is C17H15BrFNO. The Morgan fingerprint density at radius 1 is 1.24 bits per heavy atom. The Bertz CT molecular complexity index is 686. The largest absolute Gasteiger partial charge is 0.370 e. The summed E-state index contributed by atoms with van der Waals surface area (Å²) in [5.41, 5.74) is 2.80. The van der Waals surface area contributed by atoms with Crippen LogP contribution in [0.4, 0.5) is 10.1 Å². The van der Waals surface area contributed by atoms with Crippen LogP contribution in [-0.2, 0) is 6.42 Å². The highest BCUT2D eigenvalue weighted by atomic mass is 79.9. The molecule has 0 N–H and O–H groups in total. The predicted octanol–water partition coefficient (Wildman–Crippen LogP) is 4.22. The SMILES string of the molecule is O=C(CCN1CCc2ccc(F)cc21)c1cccc(Br)c1. The summed E-state index contributed by atoms with van der Waals surface area (Å²) in [5.74, 6) is -0.111. The van der Waals surface area contributed by atoms with Crippen molar-refractivity contribution in [3.63, 3.8) is 0 Å². The molecule has 0 atom stereocenters. The van der Waals surface area contributed by atoms with E-state index in [0.717, 1.165) is 28.7 Å². The number of rotatable bonds is 4. The standard InChI is InChI=1S/C17H15BrFNO/c18-14-3-1-2-13(10-14)17(21)7-9-20-8-6-12-4-5-15(19)11-16(12)20/h1-5,10-11H,6-9H2. The number of hydrogen-bond acceptors (Lipinski definition) is 2. The molecule has 0 saturated carbocycles. The van der Waals surface area contributed by atoms with E-state index in [4.69, 9.17) is 0 Å². The summed E-state index contributed by atoms with van der Waals surface area (Å²) in [5, 5.41) is 0. The number of fused-ring (bicyclic) bond motifs is 1. The van der Waals surface area contributed by atoms with Crippen molar-refractivity contribution in [1.82, 2.24) is 0 Å². The van der Waals surface area contributed by atoms with Crippen LogP contribution < -0.4 is 4.90 Å². The van der Waals surface area contributed by atoms with Gasteiger partial charge in [-0.15, -0.1) is 0 Å². The van der Waals surface area contributed by atoms with E-state index >= 15 is 0 Å². The second-order valence-corrected chi connectivity index (χ2v) is 6.11. The monoisotopic (exact) mass is 347 g/mol. The predicted molar refractivity (Wildman–Crippen MR) is 85.4 cm³/mol. The van der Waals surface area contributed by atoms with Gasteiger partial charge in [0.2, 0.25) is 0 Å². The molecule has 3 rings (SSSR count). The number of hydrogen-bond donors (Lipinski definition) is 0. The zero-order valence-electron chi connectivity index (χ0n) is 11.5. The fourth-order valence-electron chi connectivity index (χ4n) is 2.69. The topological polar surface area (TPSA) is 20.3 Å². The minimum atomic E-state index is -0.223. The van der Waals surface area contributed by atoms with Crippen LogP contribution in [-0.4, -0.2) is 18.9 Å². The first-order valence-corrected chi connectivity index (χ1v) is 7.75. The molecule has 4 heteroatoms. The zero-order chi connectivity index (χ0) is 14.8. The normalized spacial score (nSPS) is 13.3. The zero-order valence-corrected chi connectivity index (χ0v) is 13.1. The van der Waals surface area contributed by atoms with Gasteiger partial charge in [-0.3, -0.25) is 4.79 Å². The molecule has 0 unspecified atom stereocenters. The quantitative estimate of drug-likeness (QED) is 0.771. The average molecular weight is 348 g/mol. The third-order valence-electron chi connectivity index (χ3n) is 3.79. The smallest absolute Gasteiger partial charge is 0.164 e. The minimum absolute atomic E-state index is 0.112. The van der Waals surface area contributed by atoms with E-state index in [9.17, 15) is 9.18 Å². The van der Waals surface area contributed by atoms with Crippen molar-refractivity contribution in [3.05, 3.63) is 63.9 Å². The first-order chi connectivity index (χ1) is 10.1. The number of halogens is 2. The van der Waals surface area contributed by atoms with Gasteiger partial charge in [0.15, 0.2) is 5.78 Å². The van der Waals surface area contributed by atoms with Gasteiger partial charge < -0.3 is 4.90 Å². The maximum Gasteiger partial charge on any atom is 0.164 e. The average Bonchev–Trinajstić information content (AvgIpc) is 2.87. The number of carbonyl (C=O) groups excluding carboxylic acids is 1. The second-order valence-electron chi connectivity index (χ2n) is 5.19. The van der Waals surface area contributed by atoms with E-state index in [1.165, 1.54) is 6.07 Å². The van der Waals surface area contributed by atoms with Crippen LogP contribution >= 0.6 is 15.9 Å². The van der Waals surface area contributed by atoms with Crippen molar-refractivity contribution in [2.45, 2.75) is 12.8 Å². The van der Waals surface area contributed by atoms with Gasteiger partial charge in [0.1, 0.15) is 5.82 Å². The highest BCUT2D eigenvalue weighted by molar-refractivity contribution is 9.10. The third kappa shape index (κ3) is 3.16. The molecule has 2 aromatic carbocycles. The molecule has 1 aliphatic rings. The summed E-state index contributed by atoms with van der Waals surface area (Å²) >= 11 is 3.37. The van der Waals surface area contributed by atoms with Gasteiger partial charge >= 0.3 is 0 Å². The summed E-state index contributed by atoms with van der Waals surface area (Å²) in [6.07, 6.45) is 1.35. The van der Waals surface area contributed by atoms with Crippen LogP contribution in [0.25, 0.3) is 0 Å². The number of nitrogens with zero attached hydrogens (tertiary/aromatic N) is 1. The van der Waals surface area contributed by atoms with Crippen LogP contribution in [0.15, 0.2) is 46.9 Å². The molecule has 0 saturated heterocycles. The lowest BCUT2D eigenvalue weighted by Crippen LogP contribution is -2.24. The van der Waals surface area contributed by atoms with Crippen LogP contribution in [0.1, 0.15) is 22.3 Å². The summed E-state index contributed by atoms with van der Waals surface area (Å²) in [6, 6.07) is 12.3. The van der Waals surface area contributed by atoms with E-state index < -0.39 is 0 Å². The number of carbonyl (C=O) groups is 1. The fraction of sp³-hybridized carbons (Fsp3) is 0.235. The van der Waals surface area contributed by atoms with E-state index in [2.05, 4.69) is 20.8 Å². The molecule has 0 spiro atoms. The van der Waals surface area contributed by atoms with E-state index in [1.54, 1.807) is 6.07 Å². The highest BCUT2D eigenvalue weighted by Gasteiger charge is 2.20. The number of Topliss-reactive ketones (excluding diaryl/α,β-unsaturated/α-hetero) is 1. The van der Waals surface area contributed by atoms with Crippen molar-refractivity contribution in [3.8, 4) is 0 Å². The van der Waals surface area contributed by atoms with Crippen molar-refractivity contribution < 1.29 is 9.18 Å². The molecule has 1 heterocycles. The summed E-state index contributed by atoms with van der Waals surface area (Å²) in [7, 11) is 0. The Morgan fingerprint density at radius 3 is 2.90 bits per heavy atom. The van der Waals surface area contributed by atoms with Crippen molar-refractivity contribution in [2.75, 3.05) is 18.0 Å². The minimum Gasteiger partial charge on any atom is -0.370 e. The van der Waals surface area contributed by atoms with Gasteiger partial charge in [-0.25, -0.2) is 4.39 Å². The Hall–Kier alpha value is -1.68. The molecular weight excluding hydrogens is 333 g/mol. The molecule has 0 bridgehead atoms. The second kappa shape index (κ2) is 5.98. The molecule has 0 fully saturated rings. The molecule has 0 radical (unpaired) electrons. The van der Waals surface area contributed by atoms with Crippen molar-refractivity contribution >= 4 is 27.4 Å². The molecule has 1 aliphatic heterocycles. The first-order valence-electron chi connectivity index (χ1n) is 6.95. The van der Waals surface area contributed by atoms with E-state index in [1.807, 2.05) is 30.3 Å². The number of ketones is 1. The van der Waals surface area contributed by atoms with Gasteiger partial charge in [-0.05, 0) is 36.2 Å². The fourth-order valence-corrected chi connectivity index (χ4v) is 3.09. The van der Waals surface area contributed by atoms with Gasteiger partial charge in [0.05, 0.1) is 0 Å². The lowest BCUT2D eigenvalue weighted by atomic mass is 10.1. The summed E-state index contributed by atoms with van der Waals surface area (Å²) in [6.45, 7) is 1.48. The van der Waals surface area contributed by atoms with E-state index in [-0.39, 0.29) is 11.6 Å². The lowest BCUT2D eigenvalue weighted by molar-refractivity contribution is 0.0984. The van der Waals surface area contributed by atoms with Gasteiger partial charge in [-0.2, -0.15) is 0 Å². The third-order valence-corrected chi connectivity index (χ3v) is 4.29. The molecule has 2 nitrogen and oxygen atoms in total. The Balaban J connectivity index is 1.67. The maximum atomic E-state index is 13.3. The van der Waals surface area contributed by atoms with Gasteiger partial charge in [-0.1, -0.05) is 34.1 Å². The lowest BCUT2D eigenvalue weighted by Gasteiger charge is -2.19. The molecule has 21 heavy (non-hydrogen) atoms. The van der Waals surface area contributed by atoms with Crippen LogP contribution in [0.2, 0.25) is 0 Å². The highest BCUT2D eigenvalue weighted by Crippen LogP contribution is 2.28. The van der Waals surface area contributed by atoms with Crippen molar-refractivity contribution in [1.29, 1.82) is 0 Å².